The molecule has 0 saturated carbocycles. The van der Waals surface area contributed by atoms with Gasteiger partial charge in [-0.3, -0.25) is 4.99 Å². The average molecular weight is 354 g/mol. The molecule has 2 rings (SSSR count). The third-order valence-corrected chi connectivity index (χ3v) is 3.81. The molecule has 0 bridgehead atoms. The van der Waals surface area contributed by atoms with E-state index in [2.05, 4.69) is 15.6 Å². The van der Waals surface area contributed by atoms with Crippen molar-refractivity contribution in [3.63, 3.8) is 0 Å². The van der Waals surface area contributed by atoms with E-state index in [4.69, 9.17) is 10.00 Å². The van der Waals surface area contributed by atoms with Gasteiger partial charge in [-0.25, -0.2) is 4.39 Å². The van der Waals surface area contributed by atoms with Gasteiger partial charge < -0.3 is 15.4 Å². The second kappa shape index (κ2) is 9.42. The number of benzene rings is 2. The monoisotopic (exact) mass is 354 g/mol. The molecule has 0 aliphatic carbocycles. The van der Waals surface area contributed by atoms with E-state index in [0.717, 1.165) is 16.9 Å². The van der Waals surface area contributed by atoms with Gasteiger partial charge in [0, 0.05) is 31.3 Å². The number of halogens is 1. The Labute approximate surface area is 153 Å². The van der Waals surface area contributed by atoms with Crippen LogP contribution in [0.4, 0.5) is 4.39 Å². The summed E-state index contributed by atoms with van der Waals surface area (Å²) in [7, 11) is 1.65. The molecule has 2 N–H and O–H groups in total. The van der Waals surface area contributed by atoms with Crippen LogP contribution in [0.15, 0.2) is 41.4 Å². The van der Waals surface area contributed by atoms with Gasteiger partial charge in [-0.2, -0.15) is 5.26 Å². The Hall–Kier alpha value is -3.07. The molecule has 0 spiro atoms. The van der Waals surface area contributed by atoms with Crippen molar-refractivity contribution in [1.82, 2.24) is 10.6 Å². The van der Waals surface area contributed by atoms with Gasteiger partial charge >= 0.3 is 0 Å². The first kappa shape index (κ1) is 19.3. The Morgan fingerprint density at radius 1 is 1.15 bits per heavy atom. The highest BCUT2D eigenvalue weighted by Crippen LogP contribution is 2.20. The highest BCUT2D eigenvalue weighted by Gasteiger charge is 2.07. The summed E-state index contributed by atoms with van der Waals surface area (Å²) >= 11 is 0. The van der Waals surface area contributed by atoms with Crippen molar-refractivity contribution in [3.8, 4) is 11.8 Å². The van der Waals surface area contributed by atoms with E-state index >= 15 is 0 Å². The Morgan fingerprint density at radius 3 is 2.54 bits per heavy atom. The molecule has 2 aromatic rings. The Balaban J connectivity index is 2.00. The van der Waals surface area contributed by atoms with Crippen molar-refractivity contribution in [2.24, 2.45) is 4.99 Å². The van der Waals surface area contributed by atoms with Crippen molar-refractivity contribution < 1.29 is 9.13 Å². The topological polar surface area (TPSA) is 69.4 Å². The van der Waals surface area contributed by atoms with Crippen LogP contribution in [-0.2, 0) is 13.1 Å². The van der Waals surface area contributed by atoms with Crippen LogP contribution >= 0.6 is 0 Å². The normalized spacial score (nSPS) is 11.0. The Kier molecular flexibility index (Phi) is 6.98. The number of nitrogens with one attached hydrogen (secondary N) is 2. The van der Waals surface area contributed by atoms with Crippen LogP contribution < -0.4 is 15.4 Å². The maximum absolute atomic E-state index is 13.9. The second-order valence-electron chi connectivity index (χ2n) is 5.74. The summed E-state index contributed by atoms with van der Waals surface area (Å²) in [6.07, 6.45) is 0. The minimum Gasteiger partial charge on any atom is -0.494 e. The van der Waals surface area contributed by atoms with Crippen LogP contribution in [0, 0.1) is 24.1 Å². The third kappa shape index (κ3) is 5.21. The molecule has 0 aromatic heterocycles. The summed E-state index contributed by atoms with van der Waals surface area (Å²) in [4.78, 5) is 4.15. The number of nitriles is 1. The lowest BCUT2D eigenvalue weighted by Gasteiger charge is -2.15. The molecule has 0 aliphatic heterocycles. The van der Waals surface area contributed by atoms with E-state index in [9.17, 15) is 4.39 Å². The SMILES string of the molecule is CCOc1cc(C)ccc1CNC(=NC)NCc1cc(C#N)ccc1F. The smallest absolute Gasteiger partial charge is 0.191 e. The van der Waals surface area contributed by atoms with Crippen molar-refractivity contribution in [1.29, 1.82) is 5.26 Å². The number of hydrogen-bond acceptors (Lipinski definition) is 3. The van der Waals surface area contributed by atoms with Crippen molar-refractivity contribution in [2.45, 2.75) is 26.9 Å². The predicted octanol–water partition coefficient (Wildman–Crippen LogP) is 3.27. The van der Waals surface area contributed by atoms with Crippen LogP contribution in [0.5, 0.6) is 5.75 Å². The first-order chi connectivity index (χ1) is 12.6. The molecule has 5 nitrogen and oxygen atoms in total. The van der Waals surface area contributed by atoms with Gasteiger partial charge in [0.1, 0.15) is 11.6 Å². The summed E-state index contributed by atoms with van der Waals surface area (Å²) in [6.45, 7) is 5.31. The molecule has 2 aromatic carbocycles. The van der Waals surface area contributed by atoms with Gasteiger partial charge in [-0.05, 0) is 43.7 Å². The zero-order valence-electron chi connectivity index (χ0n) is 15.3. The molecule has 0 fully saturated rings. The molecular weight excluding hydrogens is 331 g/mol. The third-order valence-electron chi connectivity index (χ3n) is 3.81. The first-order valence-corrected chi connectivity index (χ1v) is 8.42. The highest BCUT2D eigenvalue weighted by molar-refractivity contribution is 5.79. The molecule has 0 radical (unpaired) electrons. The van der Waals surface area contributed by atoms with Crippen LogP contribution in [0.1, 0.15) is 29.2 Å². The maximum Gasteiger partial charge on any atom is 0.191 e. The molecule has 0 heterocycles. The van der Waals surface area contributed by atoms with Gasteiger partial charge in [0.25, 0.3) is 0 Å². The van der Waals surface area contributed by atoms with Crippen molar-refractivity contribution >= 4 is 5.96 Å². The molecule has 0 aliphatic rings. The lowest BCUT2D eigenvalue weighted by atomic mass is 10.1. The van der Waals surface area contributed by atoms with Gasteiger partial charge in [0.05, 0.1) is 18.2 Å². The largest absolute Gasteiger partial charge is 0.494 e. The molecule has 0 unspecified atom stereocenters. The number of aryl methyl sites for hydroxylation is 1. The summed E-state index contributed by atoms with van der Waals surface area (Å²) in [6, 6.07) is 12.3. The van der Waals surface area contributed by atoms with E-state index in [1.807, 2.05) is 38.1 Å². The summed E-state index contributed by atoms with van der Waals surface area (Å²) in [5.74, 6) is 1.02. The van der Waals surface area contributed by atoms with Gasteiger partial charge in [0.2, 0.25) is 0 Å². The van der Waals surface area contributed by atoms with E-state index < -0.39 is 0 Å². The number of guanidine groups is 1. The number of rotatable bonds is 6. The van der Waals surface area contributed by atoms with E-state index in [-0.39, 0.29) is 12.4 Å². The predicted molar refractivity (Wildman–Crippen MR) is 101 cm³/mol. The molecule has 0 saturated heterocycles. The fourth-order valence-corrected chi connectivity index (χ4v) is 2.46. The van der Waals surface area contributed by atoms with Crippen LogP contribution in [-0.4, -0.2) is 19.6 Å². The maximum atomic E-state index is 13.9. The van der Waals surface area contributed by atoms with Gasteiger partial charge in [-0.15, -0.1) is 0 Å². The average Bonchev–Trinajstić information content (AvgIpc) is 2.64. The summed E-state index contributed by atoms with van der Waals surface area (Å²) < 4.78 is 19.5. The van der Waals surface area contributed by atoms with Gasteiger partial charge in [0.15, 0.2) is 5.96 Å². The molecular formula is C20H23FN4O. The fourth-order valence-electron chi connectivity index (χ4n) is 2.46. The zero-order valence-corrected chi connectivity index (χ0v) is 15.3. The number of nitrogens with zero attached hydrogens (tertiary/aromatic N) is 2. The first-order valence-electron chi connectivity index (χ1n) is 8.42. The lowest BCUT2D eigenvalue weighted by molar-refractivity contribution is 0.336. The van der Waals surface area contributed by atoms with Crippen LogP contribution in [0.2, 0.25) is 0 Å². The number of aliphatic imine (C=N–C) groups is 1. The quantitative estimate of drug-likeness (QED) is 0.617. The second-order valence-corrected chi connectivity index (χ2v) is 5.74. The highest BCUT2D eigenvalue weighted by atomic mass is 19.1. The fraction of sp³-hybridized carbons (Fsp3) is 0.300. The molecule has 136 valence electrons. The minimum atomic E-state index is -0.357. The standard InChI is InChI=1S/C20H23FN4O/c1-4-26-19-9-14(2)5-7-16(19)12-24-20(23-3)25-13-17-10-15(11-22)6-8-18(17)21/h5-10H,4,12-13H2,1-3H3,(H2,23,24,25). The van der Waals surface area contributed by atoms with Crippen molar-refractivity contribution in [2.75, 3.05) is 13.7 Å². The van der Waals surface area contributed by atoms with Crippen LogP contribution in [0.25, 0.3) is 0 Å². The lowest BCUT2D eigenvalue weighted by Crippen LogP contribution is -2.36. The number of ether oxygens (including phenoxy) is 1. The Bertz CT molecular complexity index is 827. The molecule has 26 heavy (non-hydrogen) atoms. The van der Waals surface area contributed by atoms with E-state index in [1.165, 1.54) is 18.2 Å². The van der Waals surface area contributed by atoms with E-state index in [1.54, 1.807) is 7.05 Å². The Morgan fingerprint density at radius 2 is 1.88 bits per heavy atom. The minimum absolute atomic E-state index is 0.229. The summed E-state index contributed by atoms with van der Waals surface area (Å²) in [5.41, 5.74) is 2.98. The number of hydrogen-bond donors (Lipinski definition) is 2. The molecule has 0 amide bonds. The van der Waals surface area contributed by atoms with Crippen LogP contribution in [0.3, 0.4) is 0 Å². The summed E-state index contributed by atoms with van der Waals surface area (Å²) in [5, 5.41) is 15.2. The molecule has 6 heteroatoms. The van der Waals surface area contributed by atoms with Crippen molar-refractivity contribution in [3.05, 3.63) is 64.5 Å². The van der Waals surface area contributed by atoms with Gasteiger partial charge in [-0.1, -0.05) is 12.1 Å². The molecule has 0 atom stereocenters. The zero-order chi connectivity index (χ0) is 18.9. The van der Waals surface area contributed by atoms with E-state index in [0.29, 0.717) is 30.2 Å².